The largest absolute Gasteiger partial charge is 0.368 e. The number of thiazole rings is 1. The van der Waals surface area contributed by atoms with Crippen molar-refractivity contribution in [2.45, 2.75) is 0 Å². The lowest BCUT2D eigenvalue weighted by atomic mass is 10.2. The van der Waals surface area contributed by atoms with Crippen molar-refractivity contribution in [3.63, 3.8) is 0 Å². The van der Waals surface area contributed by atoms with Gasteiger partial charge in [0.1, 0.15) is 0 Å². The maximum atomic E-state index is 4.78. The van der Waals surface area contributed by atoms with Gasteiger partial charge >= 0.3 is 0 Å². The van der Waals surface area contributed by atoms with Gasteiger partial charge in [-0.15, -0.1) is 12.4 Å². The molecular weight excluding hydrogens is 394 g/mol. The fraction of sp³-hybridized carbons (Fsp3) is 0.235. The van der Waals surface area contributed by atoms with Gasteiger partial charge in [-0.05, 0) is 30.3 Å². The molecular formula is C17H17BrClN3S. The molecule has 1 aromatic heterocycles. The molecule has 0 unspecified atom stereocenters. The molecule has 0 spiro atoms. The normalized spacial score (nSPS) is 14.8. The summed E-state index contributed by atoms with van der Waals surface area (Å²) in [6.07, 6.45) is 0. The highest BCUT2D eigenvalue weighted by Crippen LogP contribution is 2.31. The molecule has 23 heavy (non-hydrogen) atoms. The van der Waals surface area contributed by atoms with E-state index < -0.39 is 0 Å². The molecule has 1 saturated heterocycles. The molecule has 0 bridgehead atoms. The van der Waals surface area contributed by atoms with Gasteiger partial charge in [-0.1, -0.05) is 45.5 Å². The highest BCUT2D eigenvalue weighted by atomic mass is 79.9. The van der Waals surface area contributed by atoms with Crippen molar-refractivity contribution < 1.29 is 0 Å². The zero-order chi connectivity index (χ0) is 14.9. The first-order valence-electron chi connectivity index (χ1n) is 7.41. The van der Waals surface area contributed by atoms with Crippen LogP contribution in [0.1, 0.15) is 0 Å². The summed E-state index contributed by atoms with van der Waals surface area (Å²) in [6, 6.07) is 16.9. The smallest absolute Gasteiger partial charge is 0.186 e. The SMILES string of the molecule is Brc1ccc2nc(N3CCN(c4ccccc4)CC3)sc2c1.Cl. The van der Waals surface area contributed by atoms with E-state index in [4.69, 9.17) is 4.98 Å². The molecule has 1 aliphatic heterocycles. The third-order valence-electron chi connectivity index (χ3n) is 4.01. The van der Waals surface area contributed by atoms with Gasteiger partial charge in [0, 0.05) is 36.3 Å². The number of hydrogen-bond donors (Lipinski definition) is 0. The van der Waals surface area contributed by atoms with Crippen molar-refractivity contribution in [1.29, 1.82) is 0 Å². The molecule has 3 aromatic rings. The number of rotatable bonds is 2. The average Bonchev–Trinajstić information content (AvgIpc) is 2.99. The molecule has 0 atom stereocenters. The van der Waals surface area contributed by atoms with Crippen LogP contribution in [0.3, 0.4) is 0 Å². The van der Waals surface area contributed by atoms with Crippen LogP contribution < -0.4 is 9.80 Å². The van der Waals surface area contributed by atoms with E-state index in [-0.39, 0.29) is 12.4 Å². The fourth-order valence-electron chi connectivity index (χ4n) is 2.82. The van der Waals surface area contributed by atoms with Crippen molar-refractivity contribution in [1.82, 2.24) is 4.98 Å². The Morgan fingerprint density at radius 1 is 0.913 bits per heavy atom. The molecule has 0 saturated carbocycles. The third-order valence-corrected chi connectivity index (χ3v) is 5.58. The fourth-order valence-corrected chi connectivity index (χ4v) is 4.39. The summed E-state index contributed by atoms with van der Waals surface area (Å²) >= 11 is 5.31. The van der Waals surface area contributed by atoms with E-state index in [0.717, 1.165) is 41.3 Å². The van der Waals surface area contributed by atoms with Crippen LogP contribution in [0.15, 0.2) is 53.0 Å². The summed E-state index contributed by atoms with van der Waals surface area (Å²) in [7, 11) is 0. The summed E-state index contributed by atoms with van der Waals surface area (Å²) in [6.45, 7) is 4.14. The molecule has 2 heterocycles. The number of fused-ring (bicyclic) bond motifs is 1. The number of hydrogen-bond acceptors (Lipinski definition) is 4. The highest BCUT2D eigenvalue weighted by molar-refractivity contribution is 9.10. The van der Waals surface area contributed by atoms with Crippen LogP contribution in [-0.4, -0.2) is 31.2 Å². The van der Waals surface area contributed by atoms with Crippen molar-refractivity contribution in [3.05, 3.63) is 53.0 Å². The Balaban J connectivity index is 0.00000156. The average molecular weight is 411 g/mol. The lowest BCUT2D eigenvalue weighted by Crippen LogP contribution is -2.46. The predicted octanol–water partition coefficient (Wildman–Crippen LogP) is 4.81. The minimum atomic E-state index is 0. The van der Waals surface area contributed by atoms with Crippen LogP contribution in [0, 0.1) is 0 Å². The van der Waals surface area contributed by atoms with E-state index in [2.05, 4.69) is 74.3 Å². The zero-order valence-electron chi connectivity index (χ0n) is 12.5. The van der Waals surface area contributed by atoms with Gasteiger partial charge in [-0.2, -0.15) is 0 Å². The topological polar surface area (TPSA) is 19.4 Å². The molecule has 120 valence electrons. The molecule has 0 radical (unpaired) electrons. The quantitative estimate of drug-likeness (QED) is 0.604. The number of piperazine rings is 1. The Hall–Kier alpha value is -1.30. The molecule has 0 N–H and O–H groups in total. The second kappa shape index (κ2) is 7.07. The van der Waals surface area contributed by atoms with Crippen LogP contribution in [0.4, 0.5) is 10.8 Å². The van der Waals surface area contributed by atoms with Crippen molar-refractivity contribution >= 4 is 60.7 Å². The first kappa shape index (κ1) is 16.6. The summed E-state index contributed by atoms with van der Waals surface area (Å²) in [5.41, 5.74) is 2.41. The first-order chi connectivity index (χ1) is 10.8. The van der Waals surface area contributed by atoms with E-state index in [1.54, 1.807) is 11.3 Å². The lowest BCUT2D eigenvalue weighted by Gasteiger charge is -2.35. The van der Waals surface area contributed by atoms with Crippen LogP contribution >= 0.6 is 39.7 Å². The summed E-state index contributed by atoms with van der Waals surface area (Å²) in [5, 5.41) is 1.14. The number of anilines is 2. The molecule has 4 rings (SSSR count). The van der Waals surface area contributed by atoms with Crippen molar-refractivity contribution in [2.24, 2.45) is 0 Å². The van der Waals surface area contributed by atoms with Gasteiger partial charge in [-0.3, -0.25) is 0 Å². The van der Waals surface area contributed by atoms with E-state index in [9.17, 15) is 0 Å². The van der Waals surface area contributed by atoms with Crippen molar-refractivity contribution in [2.75, 3.05) is 36.0 Å². The minimum Gasteiger partial charge on any atom is -0.368 e. The van der Waals surface area contributed by atoms with Gasteiger partial charge < -0.3 is 9.80 Å². The molecule has 6 heteroatoms. The van der Waals surface area contributed by atoms with Gasteiger partial charge in [-0.25, -0.2) is 4.98 Å². The molecule has 0 amide bonds. The predicted molar refractivity (Wildman–Crippen MR) is 105 cm³/mol. The second-order valence-corrected chi connectivity index (χ2v) is 7.34. The Morgan fingerprint density at radius 2 is 1.61 bits per heavy atom. The molecule has 2 aromatic carbocycles. The zero-order valence-corrected chi connectivity index (χ0v) is 15.7. The number of halogens is 2. The Labute approximate surface area is 154 Å². The Kier molecular flexibility index (Phi) is 5.09. The summed E-state index contributed by atoms with van der Waals surface area (Å²) in [5.74, 6) is 0. The van der Waals surface area contributed by atoms with Gasteiger partial charge in [0.15, 0.2) is 5.13 Å². The third kappa shape index (κ3) is 3.47. The number of para-hydroxylation sites is 1. The van der Waals surface area contributed by atoms with Crippen LogP contribution in [0.25, 0.3) is 10.2 Å². The van der Waals surface area contributed by atoms with Gasteiger partial charge in [0.2, 0.25) is 0 Å². The van der Waals surface area contributed by atoms with E-state index in [0.29, 0.717) is 0 Å². The molecule has 1 aliphatic rings. The van der Waals surface area contributed by atoms with E-state index >= 15 is 0 Å². The van der Waals surface area contributed by atoms with Crippen molar-refractivity contribution in [3.8, 4) is 0 Å². The minimum absolute atomic E-state index is 0. The first-order valence-corrected chi connectivity index (χ1v) is 9.01. The Bertz CT molecular complexity index is 785. The maximum Gasteiger partial charge on any atom is 0.186 e. The lowest BCUT2D eigenvalue weighted by molar-refractivity contribution is 0.652. The van der Waals surface area contributed by atoms with E-state index in [1.807, 2.05) is 0 Å². The summed E-state index contributed by atoms with van der Waals surface area (Å²) in [4.78, 5) is 9.63. The number of nitrogens with zero attached hydrogens (tertiary/aromatic N) is 3. The standard InChI is InChI=1S/C17H16BrN3S.ClH/c18-13-6-7-15-16(12-13)22-17(19-15)21-10-8-20(9-11-21)14-4-2-1-3-5-14;/h1-7,12H,8-11H2;1H. The van der Waals surface area contributed by atoms with Crippen LogP contribution in [0.5, 0.6) is 0 Å². The molecule has 3 nitrogen and oxygen atoms in total. The highest BCUT2D eigenvalue weighted by Gasteiger charge is 2.19. The Morgan fingerprint density at radius 3 is 2.35 bits per heavy atom. The van der Waals surface area contributed by atoms with Crippen LogP contribution in [-0.2, 0) is 0 Å². The summed E-state index contributed by atoms with van der Waals surface area (Å²) < 4.78 is 2.36. The van der Waals surface area contributed by atoms with Gasteiger partial charge in [0.25, 0.3) is 0 Å². The number of benzene rings is 2. The maximum absolute atomic E-state index is 4.78. The second-order valence-electron chi connectivity index (χ2n) is 5.42. The molecule has 1 fully saturated rings. The van der Waals surface area contributed by atoms with Gasteiger partial charge in [0.05, 0.1) is 10.2 Å². The number of aromatic nitrogens is 1. The molecule has 0 aliphatic carbocycles. The van der Waals surface area contributed by atoms with Crippen LogP contribution in [0.2, 0.25) is 0 Å². The monoisotopic (exact) mass is 409 g/mol. The van der Waals surface area contributed by atoms with E-state index in [1.165, 1.54) is 10.4 Å².